The minimum Gasteiger partial charge on any atom is -0.385 e. The Kier molecular flexibility index (Phi) is 6.31. The lowest BCUT2D eigenvalue weighted by Crippen LogP contribution is -2.22. The van der Waals surface area contributed by atoms with Crippen LogP contribution in [-0.4, -0.2) is 20.3 Å². The molecule has 3 nitrogen and oxygen atoms in total. The zero-order valence-electron chi connectivity index (χ0n) is 9.54. The Hall–Kier alpha value is -0.790. The number of nitrogens with zero attached hydrogens (tertiary/aromatic N) is 1. The molecule has 1 aromatic carbocycles. The standard InChI is InChI=1S/C12H14Cl2N2O/c1-17-7-3-6-16-11(8-15)12-9(13)4-2-5-10(12)14/h2,4-5,11,16H,3,6-7H2,1H3. The van der Waals surface area contributed by atoms with Crippen molar-refractivity contribution in [3.63, 3.8) is 0 Å². The van der Waals surface area contributed by atoms with Crippen LogP contribution in [0, 0.1) is 11.3 Å². The van der Waals surface area contributed by atoms with Gasteiger partial charge >= 0.3 is 0 Å². The van der Waals surface area contributed by atoms with Crippen LogP contribution < -0.4 is 5.32 Å². The molecule has 1 aromatic rings. The predicted octanol–water partition coefficient (Wildman–Crippen LogP) is 3.18. The number of nitrogens with one attached hydrogen (secondary N) is 1. The minimum absolute atomic E-state index is 0.493. The van der Waals surface area contributed by atoms with Gasteiger partial charge in [-0.05, 0) is 25.1 Å². The summed E-state index contributed by atoms with van der Waals surface area (Å²) >= 11 is 12.1. The largest absolute Gasteiger partial charge is 0.385 e. The van der Waals surface area contributed by atoms with Crippen LogP contribution in [-0.2, 0) is 4.74 Å². The number of benzene rings is 1. The Bertz CT molecular complexity index is 384. The third-order valence-corrected chi connectivity index (χ3v) is 2.95. The van der Waals surface area contributed by atoms with Crippen molar-refractivity contribution in [2.75, 3.05) is 20.3 Å². The van der Waals surface area contributed by atoms with Crippen LogP contribution >= 0.6 is 23.2 Å². The van der Waals surface area contributed by atoms with Gasteiger partial charge in [-0.2, -0.15) is 5.26 Å². The van der Waals surface area contributed by atoms with Crippen LogP contribution in [0.4, 0.5) is 0 Å². The van der Waals surface area contributed by atoms with E-state index in [4.69, 9.17) is 33.2 Å². The normalized spacial score (nSPS) is 12.1. The van der Waals surface area contributed by atoms with E-state index in [0.29, 0.717) is 28.8 Å². The lowest BCUT2D eigenvalue weighted by atomic mass is 10.1. The second-order valence-electron chi connectivity index (χ2n) is 3.50. The van der Waals surface area contributed by atoms with Gasteiger partial charge in [0.15, 0.2) is 0 Å². The van der Waals surface area contributed by atoms with Crippen molar-refractivity contribution in [3.05, 3.63) is 33.8 Å². The molecule has 1 unspecified atom stereocenters. The number of hydrogen-bond acceptors (Lipinski definition) is 3. The highest BCUT2D eigenvalue weighted by Gasteiger charge is 2.16. The first-order chi connectivity index (χ1) is 8.20. The van der Waals surface area contributed by atoms with Crippen molar-refractivity contribution >= 4 is 23.2 Å². The third kappa shape index (κ3) is 4.18. The molecule has 0 aliphatic rings. The Morgan fingerprint density at radius 2 is 2.06 bits per heavy atom. The molecule has 0 radical (unpaired) electrons. The first kappa shape index (κ1) is 14.3. The summed E-state index contributed by atoms with van der Waals surface area (Å²) in [4.78, 5) is 0. The highest BCUT2D eigenvalue weighted by molar-refractivity contribution is 6.36. The summed E-state index contributed by atoms with van der Waals surface area (Å²) in [6.07, 6.45) is 0.830. The summed E-state index contributed by atoms with van der Waals surface area (Å²) in [6.45, 7) is 1.33. The fourth-order valence-electron chi connectivity index (χ4n) is 1.46. The molecule has 1 rings (SSSR count). The van der Waals surface area contributed by atoms with Crippen LogP contribution in [0.1, 0.15) is 18.0 Å². The molecule has 0 aliphatic carbocycles. The molecule has 0 aromatic heterocycles. The molecule has 5 heteroatoms. The number of ether oxygens (including phenoxy) is 1. The van der Waals surface area contributed by atoms with Crippen LogP contribution in [0.2, 0.25) is 10.0 Å². The van der Waals surface area contributed by atoms with Crippen LogP contribution in [0.5, 0.6) is 0 Å². The van der Waals surface area contributed by atoms with E-state index in [1.54, 1.807) is 25.3 Å². The summed E-state index contributed by atoms with van der Waals surface area (Å²) in [5.41, 5.74) is 0.635. The molecular weight excluding hydrogens is 259 g/mol. The molecule has 0 saturated carbocycles. The molecule has 0 spiro atoms. The van der Waals surface area contributed by atoms with Crippen LogP contribution in [0.25, 0.3) is 0 Å². The van der Waals surface area contributed by atoms with E-state index in [1.165, 1.54) is 0 Å². The summed E-state index contributed by atoms with van der Waals surface area (Å²) in [5.74, 6) is 0. The number of halogens is 2. The average Bonchev–Trinajstić information content (AvgIpc) is 2.31. The van der Waals surface area contributed by atoms with Gasteiger partial charge in [0.05, 0.1) is 6.07 Å². The number of methoxy groups -OCH3 is 1. The van der Waals surface area contributed by atoms with Gasteiger partial charge < -0.3 is 4.74 Å². The zero-order valence-corrected chi connectivity index (χ0v) is 11.1. The van der Waals surface area contributed by atoms with Crippen LogP contribution in [0.15, 0.2) is 18.2 Å². The van der Waals surface area contributed by atoms with Gasteiger partial charge in [-0.15, -0.1) is 0 Å². The predicted molar refractivity (Wildman–Crippen MR) is 69.3 cm³/mol. The Balaban J connectivity index is 2.70. The lowest BCUT2D eigenvalue weighted by Gasteiger charge is -2.14. The Morgan fingerprint density at radius 1 is 1.41 bits per heavy atom. The SMILES string of the molecule is COCCCNC(C#N)c1c(Cl)cccc1Cl. The fraction of sp³-hybridized carbons (Fsp3) is 0.417. The number of rotatable bonds is 6. The van der Waals surface area contributed by atoms with Gasteiger partial charge in [0.1, 0.15) is 6.04 Å². The van der Waals surface area contributed by atoms with E-state index >= 15 is 0 Å². The molecule has 0 heterocycles. The second kappa shape index (κ2) is 7.52. The summed E-state index contributed by atoms with van der Waals surface area (Å²) in [5, 5.41) is 13.2. The van der Waals surface area contributed by atoms with E-state index in [1.807, 2.05) is 0 Å². The van der Waals surface area contributed by atoms with Gasteiger partial charge in [-0.3, -0.25) is 5.32 Å². The first-order valence-corrected chi connectivity index (χ1v) is 6.02. The van der Waals surface area contributed by atoms with Gasteiger partial charge in [0.25, 0.3) is 0 Å². The van der Waals surface area contributed by atoms with Crippen molar-refractivity contribution < 1.29 is 4.74 Å². The highest BCUT2D eigenvalue weighted by atomic mass is 35.5. The molecule has 0 amide bonds. The maximum atomic E-state index is 9.12. The summed E-state index contributed by atoms with van der Waals surface area (Å²) in [7, 11) is 1.65. The van der Waals surface area contributed by atoms with Gasteiger partial charge in [-0.1, -0.05) is 29.3 Å². The second-order valence-corrected chi connectivity index (χ2v) is 4.31. The van der Waals surface area contributed by atoms with Crippen molar-refractivity contribution in [1.82, 2.24) is 5.32 Å². The van der Waals surface area contributed by atoms with E-state index in [9.17, 15) is 0 Å². The molecule has 92 valence electrons. The third-order valence-electron chi connectivity index (χ3n) is 2.29. The molecular formula is C12H14Cl2N2O. The zero-order chi connectivity index (χ0) is 12.7. The fourth-order valence-corrected chi connectivity index (χ4v) is 2.08. The topological polar surface area (TPSA) is 45.0 Å². The Labute approximate surface area is 111 Å². The maximum absolute atomic E-state index is 9.12. The molecule has 1 N–H and O–H groups in total. The molecule has 1 atom stereocenters. The molecule has 0 saturated heterocycles. The summed E-state index contributed by atoms with van der Waals surface area (Å²) < 4.78 is 4.94. The highest BCUT2D eigenvalue weighted by Crippen LogP contribution is 2.29. The van der Waals surface area contributed by atoms with Gasteiger partial charge in [0.2, 0.25) is 0 Å². The maximum Gasteiger partial charge on any atom is 0.124 e. The molecule has 0 bridgehead atoms. The van der Waals surface area contributed by atoms with Crippen molar-refractivity contribution in [1.29, 1.82) is 5.26 Å². The van der Waals surface area contributed by atoms with E-state index in [2.05, 4.69) is 11.4 Å². The quantitative estimate of drug-likeness (QED) is 0.809. The number of nitriles is 1. The summed E-state index contributed by atoms with van der Waals surface area (Å²) in [6, 6.07) is 6.87. The Morgan fingerprint density at radius 3 is 2.59 bits per heavy atom. The van der Waals surface area contributed by atoms with Gasteiger partial charge in [0, 0.05) is 29.3 Å². The average molecular weight is 273 g/mol. The van der Waals surface area contributed by atoms with Crippen molar-refractivity contribution in [2.45, 2.75) is 12.5 Å². The first-order valence-electron chi connectivity index (χ1n) is 5.26. The van der Waals surface area contributed by atoms with Crippen molar-refractivity contribution in [3.8, 4) is 6.07 Å². The minimum atomic E-state index is -0.493. The van der Waals surface area contributed by atoms with Crippen molar-refractivity contribution in [2.24, 2.45) is 0 Å². The van der Waals surface area contributed by atoms with E-state index in [-0.39, 0.29) is 0 Å². The molecule has 0 fully saturated rings. The van der Waals surface area contributed by atoms with Crippen LogP contribution in [0.3, 0.4) is 0 Å². The van der Waals surface area contributed by atoms with Gasteiger partial charge in [-0.25, -0.2) is 0 Å². The molecule has 0 aliphatic heterocycles. The lowest BCUT2D eigenvalue weighted by molar-refractivity contribution is 0.194. The molecule has 17 heavy (non-hydrogen) atoms. The van der Waals surface area contributed by atoms with E-state index in [0.717, 1.165) is 6.42 Å². The smallest absolute Gasteiger partial charge is 0.124 e. The monoisotopic (exact) mass is 272 g/mol. The van der Waals surface area contributed by atoms with E-state index < -0.39 is 6.04 Å². The number of hydrogen-bond donors (Lipinski definition) is 1.